The molecule has 0 amide bonds. The molecule has 0 unspecified atom stereocenters. The predicted molar refractivity (Wildman–Crippen MR) is 40.2 cm³/mol. The van der Waals surface area contributed by atoms with Crippen molar-refractivity contribution in [3.8, 4) is 0 Å². The average molecular weight is 154 g/mol. The van der Waals surface area contributed by atoms with Crippen LogP contribution in [0.25, 0.3) is 0 Å². The van der Waals surface area contributed by atoms with Crippen LogP contribution in [0, 0.1) is 0 Å². The topological polar surface area (TPSA) is 79.1 Å². The zero-order chi connectivity index (χ0) is 8.27. The Morgan fingerprint density at radius 3 is 3.00 bits per heavy atom. The summed E-state index contributed by atoms with van der Waals surface area (Å²) in [5.41, 5.74) is 5.80. The van der Waals surface area contributed by atoms with Crippen LogP contribution < -0.4 is 5.73 Å². The van der Waals surface area contributed by atoms with E-state index in [-0.39, 0.29) is 12.4 Å². The van der Waals surface area contributed by atoms with Crippen molar-refractivity contribution in [3.05, 3.63) is 24.0 Å². The minimum Gasteiger partial charge on any atom is -0.394 e. The van der Waals surface area contributed by atoms with Crippen molar-refractivity contribution in [1.29, 1.82) is 0 Å². The van der Waals surface area contributed by atoms with E-state index in [1.165, 1.54) is 0 Å². The number of aliphatic hydroxyl groups is 1. The summed E-state index contributed by atoms with van der Waals surface area (Å²) in [6, 6.07) is 0.823. The first-order valence-corrected chi connectivity index (χ1v) is 3.29. The SMILES string of the molecule is N[C@@H](CO)C(=O)c1cc[nH]c1. The molecule has 0 radical (unpaired) electrons. The Labute approximate surface area is 64.0 Å². The number of aromatic nitrogens is 1. The van der Waals surface area contributed by atoms with Gasteiger partial charge in [-0.05, 0) is 6.07 Å². The maximum Gasteiger partial charge on any atom is 0.183 e. The van der Waals surface area contributed by atoms with E-state index < -0.39 is 6.04 Å². The summed E-state index contributed by atoms with van der Waals surface area (Å²) in [5.74, 6) is -0.242. The van der Waals surface area contributed by atoms with Crippen LogP contribution in [0.4, 0.5) is 0 Å². The summed E-state index contributed by atoms with van der Waals surface area (Å²) in [6.45, 7) is -0.315. The first kappa shape index (κ1) is 7.97. The van der Waals surface area contributed by atoms with Crippen molar-refractivity contribution in [1.82, 2.24) is 4.98 Å². The number of H-pyrrole nitrogens is 1. The molecule has 11 heavy (non-hydrogen) atoms. The minimum atomic E-state index is -0.800. The van der Waals surface area contributed by atoms with Gasteiger partial charge in [-0.2, -0.15) is 0 Å². The quantitative estimate of drug-likeness (QED) is 0.514. The van der Waals surface area contributed by atoms with Crippen LogP contribution in [-0.2, 0) is 0 Å². The van der Waals surface area contributed by atoms with Gasteiger partial charge >= 0.3 is 0 Å². The minimum absolute atomic E-state index is 0.242. The van der Waals surface area contributed by atoms with Crippen LogP contribution >= 0.6 is 0 Å². The highest BCUT2D eigenvalue weighted by Crippen LogP contribution is 1.99. The molecule has 1 heterocycles. The molecule has 0 saturated heterocycles. The number of nitrogens with one attached hydrogen (secondary N) is 1. The molecule has 1 atom stereocenters. The fraction of sp³-hybridized carbons (Fsp3) is 0.286. The molecule has 1 aromatic rings. The molecule has 0 aliphatic heterocycles. The van der Waals surface area contributed by atoms with Crippen LogP contribution in [-0.4, -0.2) is 28.5 Å². The zero-order valence-electron chi connectivity index (χ0n) is 5.95. The molecular formula is C7H10N2O2. The number of aromatic amines is 1. The molecular weight excluding hydrogens is 144 g/mol. The van der Waals surface area contributed by atoms with Gasteiger partial charge < -0.3 is 15.8 Å². The highest BCUT2D eigenvalue weighted by atomic mass is 16.3. The number of hydrogen-bond acceptors (Lipinski definition) is 3. The van der Waals surface area contributed by atoms with Crippen LogP contribution in [0.2, 0.25) is 0 Å². The number of carbonyl (C=O) groups excluding carboxylic acids is 1. The van der Waals surface area contributed by atoms with Crippen molar-refractivity contribution in [2.24, 2.45) is 5.73 Å². The Balaban J connectivity index is 2.70. The van der Waals surface area contributed by atoms with Crippen LogP contribution in [0.3, 0.4) is 0 Å². The van der Waals surface area contributed by atoms with Crippen LogP contribution in [0.1, 0.15) is 10.4 Å². The van der Waals surface area contributed by atoms with E-state index in [1.807, 2.05) is 0 Å². The standard InChI is InChI=1S/C7H10N2O2/c8-6(4-10)7(11)5-1-2-9-3-5/h1-3,6,9-10H,4,8H2/t6-/m0/s1. The van der Waals surface area contributed by atoms with E-state index in [0.717, 1.165) is 0 Å². The highest BCUT2D eigenvalue weighted by Gasteiger charge is 2.13. The molecule has 4 nitrogen and oxygen atoms in total. The van der Waals surface area contributed by atoms with Gasteiger partial charge in [0, 0.05) is 18.0 Å². The number of nitrogens with two attached hydrogens (primary N) is 1. The lowest BCUT2D eigenvalue weighted by molar-refractivity contribution is 0.0925. The molecule has 60 valence electrons. The van der Waals surface area contributed by atoms with Gasteiger partial charge in [0.2, 0.25) is 0 Å². The van der Waals surface area contributed by atoms with Gasteiger partial charge in [0.15, 0.2) is 5.78 Å². The van der Waals surface area contributed by atoms with E-state index in [2.05, 4.69) is 4.98 Å². The molecule has 4 heteroatoms. The maximum absolute atomic E-state index is 11.1. The normalized spacial score (nSPS) is 12.9. The summed E-state index contributed by atoms with van der Waals surface area (Å²) in [4.78, 5) is 13.9. The molecule has 0 aliphatic carbocycles. The fourth-order valence-corrected chi connectivity index (χ4v) is 0.774. The summed E-state index contributed by atoms with van der Waals surface area (Å²) in [6.07, 6.45) is 3.19. The van der Waals surface area contributed by atoms with E-state index >= 15 is 0 Å². The zero-order valence-corrected chi connectivity index (χ0v) is 5.95. The predicted octanol–water partition coefficient (Wildman–Crippen LogP) is -0.483. The third-order valence-corrected chi connectivity index (χ3v) is 1.42. The van der Waals surface area contributed by atoms with Crippen molar-refractivity contribution >= 4 is 5.78 Å². The van der Waals surface area contributed by atoms with Crippen molar-refractivity contribution in [2.75, 3.05) is 6.61 Å². The van der Waals surface area contributed by atoms with Gasteiger partial charge in [0.05, 0.1) is 12.6 Å². The van der Waals surface area contributed by atoms with Crippen molar-refractivity contribution < 1.29 is 9.90 Å². The lowest BCUT2D eigenvalue weighted by atomic mass is 10.1. The third kappa shape index (κ3) is 1.66. The molecule has 0 fully saturated rings. The third-order valence-electron chi connectivity index (χ3n) is 1.42. The number of Topliss-reactive ketones (excluding diaryl/α,β-unsaturated/α-hetero) is 1. The molecule has 0 bridgehead atoms. The molecule has 0 aliphatic rings. The van der Waals surface area contributed by atoms with Gasteiger partial charge in [-0.1, -0.05) is 0 Å². The second-order valence-corrected chi connectivity index (χ2v) is 2.25. The Morgan fingerprint density at radius 1 is 1.82 bits per heavy atom. The second-order valence-electron chi connectivity index (χ2n) is 2.25. The van der Waals surface area contributed by atoms with Crippen molar-refractivity contribution in [3.63, 3.8) is 0 Å². The Hall–Kier alpha value is -1.13. The molecule has 0 aromatic carbocycles. The number of hydrogen-bond donors (Lipinski definition) is 3. The fourth-order valence-electron chi connectivity index (χ4n) is 0.774. The Morgan fingerprint density at radius 2 is 2.55 bits per heavy atom. The van der Waals surface area contributed by atoms with Gasteiger partial charge in [0.1, 0.15) is 0 Å². The van der Waals surface area contributed by atoms with E-state index in [1.54, 1.807) is 18.5 Å². The monoisotopic (exact) mass is 154 g/mol. The summed E-state index contributed by atoms with van der Waals surface area (Å²) < 4.78 is 0. The van der Waals surface area contributed by atoms with E-state index in [4.69, 9.17) is 10.8 Å². The molecule has 0 spiro atoms. The molecule has 1 rings (SSSR count). The largest absolute Gasteiger partial charge is 0.394 e. The molecule has 0 saturated carbocycles. The van der Waals surface area contributed by atoms with E-state index in [0.29, 0.717) is 5.56 Å². The van der Waals surface area contributed by atoms with Crippen LogP contribution in [0.5, 0.6) is 0 Å². The molecule has 1 aromatic heterocycles. The molecule has 4 N–H and O–H groups in total. The van der Waals surface area contributed by atoms with Gasteiger partial charge in [0.25, 0.3) is 0 Å². The first-order chi connectivity index (χ1) is 5.25. The Bertz CT molecular complexity index is 231. The van der Waals surface area contributed by atoms with Crippen molar-refractivity contribution in [2.45, 2.75) is 6.04 Å². The van der Waals surface area contributed by atoms with Gasteiger partial charge in [-0.15, -0.1) is 0 Å². The lowest BCUT2D eigenvalue weighted by Gasteiger charge is -2.03. The Kier molecular flexibility index (Phi) is 2.40. The number of ketones is 1. The summed E-state index contributed by atoms with van der Waals surface area (Å²) >= 11 is 0. The highest BCUT2D eigenvalue weighted by molar-refractivity contribution is 5.99. The number of carbonyl (C=O) groups is 1. The first-order valence-electron chi connectivity index (χ1n) is 3.29. The average Bonchev–Trinajstić information content (AvgIpc) is 2.53. The number of rotatable bonds is 3. The smallest absolute Gasteiger partial charge is 0.183 e. The summed E-state index contributed by atoms with van der Waals surface area (Å²) in [5, 5.41) is 8.55. The maximum atomic E-state index is 11.1. The van der Waals surface area contributed by atoms with E-state index in [9.17, 15) is 4.79 Å². The second kappa shape index (κ2) is 3.32. The van der Waals surface area contributed by atoms with Gasteiger partial charge in [-0.25, -0.2) is 0 Å². The summed E-state index contributed by atoms with van der Waals surface area (Å²) in [7, 11) is 0. The number of aliphatic hydroxyl groups excluding tert-OH is 1. The van der Waals surface area contributed by atoms with Gasteiger partial charge in [-0.3, -0.25) is 4.79 Å². The lowest BCUT2D eigenvalue weighted by Crippen LogP contribution is -2.33. The van der Waals surface area contributed by atoms with Crippen LogP contribution in [0.15, 0.2) is 18.5 Å².